The van der Waals surface area contributed by atoms with Crippen LogP contribution in [0.25, 0.3) is 0 Å². The van der Waals surface area contributed by atoms with Crippen LogP contribution in [0.2, 0.25) is 0 Å². The van der Waals surface area contributed by atoms with E-state index in [1.165, 1.54) is 29.7 Å². The van der Waals surface area contributed by atoms with Gasteiger partial charge in [-0.25, -0.2) is 0 Å². The average molecular weight is 222 g/mol. The molecule has 1 aliphatic rings. The maximum Gasteiger partial charge on any atom is 0.0317 e. The lowest BCUT2D eigenvalue weighted by Crippen LogP contribution is -2.26. The quantitative estimate of drug-likeness (QED) is 0.756. The van der Waals surface area contributed by atoms with Crippen molar-refractivity contribution in [2.24, 2.45) is 5.73 Å². The molecule has 4 N–H and O–H groups in total. The van der Waals surface area contributed by atoms with Crippen molar-refractivity contribution in [2.75, 3.05) is 5.73 Å². The van der Waals surface area contributed by atoms with Crippen LogP contribution < -0.4 is 11.5 Å². The normalized spacial score (nSPS) is 25.7. The van der Waals surface area contributed by atoms with Gasteiger partial charge < -0.3 is 11.5 Å². The number of benzene rings is 1. The Morgan fingerprint density at radius 3 is 2.73 bits per heavy atom. The number of nitrogens with two attached hydrogens (primary N) is 2. The zero-order chi connectivity index (χ0) is 10.8. The molecule has 0 heterocycles. The maximum absolute atomic E-state index is 6.06. The van der Waals surface area contributed by atoms with Crippen molar-refractivity contribution < 1.29 is 0 Å². The van der Waals surface area contributed by atoms with Gasteiger partial charge in [-0.3, -0.25) is 0 Å². The number of rotatable bonds is 2. The predicted octanol–water partition coefficient (Wildman–Crippen LogP) is 2.55. The van der Waals surface area contributed by atoms with Crippen LogP contribution in [0.4, 0.5) is 5.69 Å². The lowest BCUT2D eigenvalue weighted by atomic mass is 10.2. The van der Waals surface area contributed by atoms with Crippen LogP contribution in [-0.2, 0) is 0 Å². The van der Waals surface area contributed by atoms with Gasteiger partial charge in [0.2, 0.25) is 0 Å². The molecule has 3 heteroatoms. The van der Waals surface area contributed by atoms with Crippen LogP contribution in [0.1, 0.15) is 24.8 Å². The molecular weight excluding hydrogens is 204 g/mol. The average Bonchev–Trinajstić information content (AvgIpc) is 2.57. The second-order valence-electron chi connectivity index (χ2n) is 4.28. The molecular formula is C12H18N2S. The molecule has 0 spiro atoms. The Bertz CT molecular complexity index is 351. The van der Waals surface area contributed by atoms with Crippen LogP contribution in [-0.4, -0.2) is 11.3 Å². The van der Waals surface area contributed by atoms with E-state index in [-0.39, 0.29) is 0 Å². The van der Waals surface area contributed by atoms with Gasteiger partial charge in [-0.2, -0.15) is 0 Å². The lowest BCUT2D eigenvalue weighted by molar-refractivity contribution is 0.716. The zero-order valence-electron chi connectivity index (χ0n) is 9.07. The first-order chi connectivity index (χ1) is 7.16. The van der Waals surface area contributed by atoms with E-state index >= 15 is 0 Å². The van der Waals surface area contributed by atoms with Gasteiger partial charge in [-0.05, 0) is 43.5 Å². The fourth-order valence-electron chi connectivity index (χ4n) is 2.07. The molecule has 1 aromatic carbocycles. The highest BCUT2D eigenvalue weighted by atomic mass is 32.2. The fourth-order valence-corrected chi connectivity index (χ4v) is 3.38. The largest absolute Gasteiger partial charge is 0.399 e. The second-order valence-corrected chi connectivity index (χ2v) is 5.56. The van der Waals surface area contributed by atoms with Crippen LogP contribution in [0, 0.1) is 6.92 Å². The van der Waals surface area contributed by atoms with Gasteiger partial charge in [0.15, 0.2) is 0 Å². The van der Waals surface area contributed by atoms with Crippen LogP contribution in [0.3, 0.4) is 0 Å². The van der Waals surface area contributed by atoms with Crippen molar-refractivity contribution in [3.63, 3.8) is 0 Å². The Balaban J connectivity index is 2.10. The highest BCUT2D eigenvalue weighted by molar-refractivity contribution is 8.00. The SMILES string of the molecule is Cc1cc(N)ccc1SC1CCCC1N. The molecule has 2 unspecified atom stereocenters. The van der Waals surface area contributed by atoms with Gasteiger partial charge in [0.25, 0.3) is 0 Å². The molecule has 82 valence electrons. The first-order valence-corrected chi connectivity index (χ1v) is 6.33. The van der Waals surface area contributed by atoms with E-state index < -0.39 is 0 Å². The number of hydrogen-bond acceptors (Lipinski definition) is 3. The van der Waals surface area contributed by atoms with Crippen molar-refractivity contribution in [1.82, 2.24) is 0 Å². The summed E-state index contributed by atoms with van der Waals surface area (Å²) in [4.78, 5) is 1.33. The van der Waals surface area contributed by atoms with Crippen molar-refractivity contribution in [2.45, 2.75) is 42.4 Å². The van der Waals surface area contributed by atoms with Gasteiger partial charge in [0.1, 0.15) is 0 Å². The lowest BCUT2D eigenvalue weighted by Gasteiger charge is -2.16. The Kier molecular flexibility index (Phi) is 3.22. The summed E-state index contributed by atoms with van der Waals surface area (Å²) >= 11 is 1.91. The Morgan fingerprint density at radius 1 is 1.33 bits per heavy atom. The summed E-state index contributed by atoms with van der Waals surface area (Å²) in [6.07, 6.45) is 3.69. The van der Waals surface area contributed by atoms with E-state index in [1.807, 2.05) is 23.9 Å². The Labute approximate surface area is 95.4 Å². The number of hydrogen-bond donors (Lipinski definition) is 2. The molecule has 2 rings (SSSR count). The van der Waals surface area contributed by atoms with Crippen LogP contribution >= 0.6 is 11.8 Å². The Hall–Kier alpha value is -0.670. The topological polar surface area (TPSA) is 52.0 Å². The summed E-state index contributed by atoms with van der Waals surface area (Å²) in [7, 11) is 0. The number of nitrogen functional groups attached to an aromatic ring is 1. The number of thioether (sulfide) groups is 1. The van der Waals surface area contributed by atoms with E-state index in [2.05, 4.69) is 13.0 Å². The van der Waals surface area contributed by atoms with Gasteiger partial charge in [0, 0.05) is 21.9 Å². The van der Waals surface area contributed by atoms with E-state index in [4.69, 9.17) is 11.5 Å². The highest BCUT2D eigenvalue weighted by Crippen LogP contribution is 2.35. The molecule has 1 fully saturated rings. The Morgan fingerprint density at radius 2 is 2.13 bits per heavy atom. The third-order valence-corrected chi connectivity index (χ3v) is 4.58. The molecule has 1 aromatic rings. The van der Waals surface area contributed by atoms with Gasteiger partial charge in [0.05, 0.1) is 0 Å². The molecule has 2 atom stereocenters. The fraction of sp³-hybridized carbons (Fsp3) is 0.500. The van der Waals surface area contributed by atoms with E-state index in [0.717, 1.165) is 5.69 Å². The summed E-state index contributed by atoms with van der Waals surface area (Å²) in [5.41, 5.74) is 13.9. The van der Waals surface area contributed by atoms with E-state index in [9.17, 15) is 0 Å². The highest BCUT2D eigenvalue weighted by Gasteiger charge is 2.24. The van der Waals surface area contributed by atoms with Gasteiger partial charge in [-0.15, -0.1) is 11.8 Å². The van der Waals surface area contributed by atoms with E-state index in [0.29, 0.717) is 11.3 Å². The number of aryl methyl sites for hydroxylation is 1. The van der Waals surface area contributed by atoms with Crippen molar-refractivity contribution in [3.8, 4) is 0 Å². The molecule has 0 saturated heterocycles. The molecule has 0 radical (unpaired) electrons. The molecule has 1 saturated carbocycles. The molecule has 0 aliphatic heterocycles. The summed E-state index contributed by atoms with van der Waals surface area (Å²) in [6, 6.07) is 6.48. The molecule has 0 bridgehead atoms. The zero-order valence-corrected chi connectivity index (χ0v) is 9.89. The standard InChI is InChI=1S/C12H18N2S/c1-8-7-9(13)5-6-11(8)15-12-4-2-3-10(12)14/h5-7,10,12H,2-4,13-14H2,1H3. The van der Waals surface area contributed by atoms with Crippen LogP contribution in [0.5, 0.6) is 0 Å². The minimum absolute atomic E-state index is 0.368. The molecule has 15 heavy (non-hydrogen) atoms. The first kappa shape index (κ1) is 10.8. The maximum atomic E-state index is 6.06. The van der Waals surface area contributed by atoms with Crippen molar-refractivity contribution in [3.05, 3.63) is 23.8 Å². The molecule has 0 amide bonds. The van der Waals surface area contributed by atoms with E-state index in [1.54, 1.807) is 0 Å². The summed E-state index contributed by atoms with van der Waals surface area (Å²) in [5, 5.41) is 0.590. The van der Waals surface area contributed by atoms with Crippen molar-refractivity contribution >= 4 is 17.4 Å². The molecule has 1 aliphatic carbocycles. The minimum atomic E-state index is 0.368. The van der Waals surface area contributed by atoms with Crippen molar-refractivity contribution in [1.29, 1.82) is 0 Å². The third kappa shape index (κ3) is 2.47. The molecule has 2 nitrogen and oxygen atoms in total. The summed E-state index contributed by atoms with van der Waals surface area (Å²) in [5.74, 6) is 0. The molecule has 0 aromatic heterocycles. The first-order valence-electron chi connectivity index (χ1n) is 5.45. The van der Waals surface area contributed by atoms with Gasteiger partial charge in [-0.1, -0.05) is 6.42 Å². The monoisotopic (exact) mass is 222 g/mol. The smallest absolute Gasteiger partial charge is 0.0317 e. The number of anilines is 1. The predicted molar refractivity (Wildman–Crippen MR) is 67.1 cm³/mol. The minimum Gasteiger partial charge on any atom is -0.399 e. The summed E-state index contributed by atoms with van der Waals surface area (Å²) in [6.45, 7) is 2.11. The second kappa shape index (κ2) is 4.45. The van der Waals surface area contributed by atoms with Gasteiger partial charge >= 0.3 is 0 Å². The summed E-state index contributed by atoms with van der Waals surface area (Å²) < 4.78 is 0. The van der Waals surface area contributed by atoms with Crippen LogP contribution in [0.15, 0.2) is 23.1 Å². The third-order valence-electron chi connectivity index (χ3n) is 2.98.